The van der Waals surface area contributed by atoms with Crippen LogP contribution in [0.1, 0.15) is 21.5 Å². The fraction of sp³-hybridized carbons (Fsp3) is 0.273. The smallest absolute Gasteiger partial charge is 0.387 e. The third-order valence-corrected chi connectivity index (χ3v) is 2.12. The standard InChI is InChI=1S/C11H9F2NO4/c1-17-10(16)8-2-6(4-14)7(5-15)3-9(8)18-11(12)13/h2-3,11,15H,5H2,1H3. The molecule has 1 rings (SSSR count). The summed E-state index contributed by atoms with van der Waals surface area (Å²) in [7, 11) is 1.07. The second kappa shape index (κ2) is 5.93. The summed E-state index contributed by atoms with van der Waals surface area (Å²) >= 11 is 0. The third-order valence-electron chi connectivity index (χ3n) is 2.12. The third kappa shape index (κ3) is 2.93. The molecule has 1 aromatic rings. The van der Waals surface area contributed by atoms with E-state index in [1.54, 1.807) is 6.07 Å². The normalized spacial score (nSPS) is 10.0. The molecule has 5 nitrogen and oxygen atoms in total. The van der Waals surface area contributed by atoms with E-state index in [4.69, 9.17) is 10.4 Å². The van der Waals surface area contributed by atoms with E-state index in [2.05, 4.69) is 9.47 Å². The van der Waals surface area contributed by atoms with Crippen LogP contribution in [0.15, 0.2) is 12.1 Å². The lowest BCUT2D eigenvalue weighted by molar-refractivity contribution is -0.0505. The van der Waals surface area contributed by atoms with Gasteiger partial charge in [-0.25, -0.2) is 4.79 Å². The molecule has 0 heterocycles. The summed E-state index contributed by atoms with van der Waals surface area (Å²) < 4.78 is 32.9. The minimum atomic E-state index is -3.13. The molecule has 0 atom stereocenters. The second-order valence-corrected chi connectivity index (χ2v) is 3.15. The van der Waals surface area contributed by atoms with Gasteiger partial charge in [0.05, 0.1) is 25.3 Å². The van der Waals surface area contributed by atoms with Crippen molar-refractivity contribution in [2.24, 2.45) is 0 Å². The molecule has 0 amide bonds. The Morgan fingerprint density at radius 1 is 1.56 bits per heavy atom. The lowest BCUT2D eigenvalue weighted by Crippen LogP contribution is -2.10. The Morgan fingerprint density at radius 3 is 2.67 bits per heavy atom. The van der Waals surface area contributed by atoms with Crippen LogP contribution in [0.4, 0.5) is 8.78 Å². The predicted octanol–water partition coefficient (Wildman–Crippen LogP) is 1.44. The van der Waals surface area contributed by atoms with Gasteiger partial charge in [0.2, 0.25) is 0 Å². The monoisotopic (exact) mass is 257 g/mol. The molecule has 7 heteroatoms. The molecule has 0 saturated carbocycles. The van der Waals surface area contributed by atoms with Crippen LogP contribution in [0.3, 0.4) is 0 Å². The van der Waals surface area contributed by atoms with Gasteiger partial charge < -0.3 is 14.6 Å². The highest BCUT2D eigenvalue weighted by Crippen LogP contribution is 2.26. The molecular formula is C11H9F2NO4. The Kier molecular flexibility index (Phi) is 4.57. The van der Waals surface area contributed by atoms with Gasteiger partial charge in [0.15, 0.2) is 0 Å². The van der Waals surface area contributed by atoms with Gasteiger partial charge in [-0.05, 0) is 17.7 Å². The fourth-order valence-electron chi connectivity index (χ4n) is 1.32. The molecule has 0 aliphatic heterocycles. The number of alkyl halides is 2. The molecule has 0 saturated heterocycles. The number of nitriles is 1. The van der Waals surface area contributed by atoms with Crippen molar-refractivity contribution in [3.8, 4) is 11.8 Å². The van der Waals surface area contributed by atoms with Crippen molar-refractivity contribution in [3.05, 3.63) is 28.8 Å². The average molecular weight is 257 g/mol. The Bertz CT molecular complexity index is 497. The minimum absolute atomic E-state index is 0.0143. The molecule has 0 radical (unpaired) electrons. The van der Waals surface area contributed by atoms with Crippen molar-refractivity contribution in [2.75, 3.05) is 7.11 Å². The van der Waals surface area contributed by atoms with E-state index in [9.17, 15) is 13.6 Å². The molecule has 1 aromatic carbocycles. The van der Waals surface area contributed by atoms with E-state index < -0.39 is 24.9 Å². The summed E-state index contributed by atoms with van der Waals surface area (Å²) in [5.41, 5.74) is -0.230. The van der Waals surface area contributed by atoms with E-state index >= 15 is 0 Å². The number of carbonyl (C=O) groups excluding carboxylic acids is 1. The van der Waals surface area contributed by atoms with Crippen LogP contribution in [0, 0.1) is 11.3 Å². The molecule has 0 spiro atoms. The first-order valence-corrected chi connectivity index (χ1v) is 4.74. The zero-order chi connectivity index (χ0) is 13.7. The van der Waals surface area contributed by atoms with E-state index in [1.165, 1.54) is 0 Å². The van der Waals surface area contributed by atoms with Crippen molar-refractivity contribution in [1.29, 1.82) is 5.26 Å². The highest BCUT2D eigenvalue weighted by molar-refractivity contribution is 5.93. The van der Waals surface area contributed by atoms with Crippen LogP contribution in [0.5, 0.6) is 5.75 Å². The van der Waals surface area contributed by atoms with Crippen LogP contribution >= 0.6 is 0 Å². The van der Waals surface area contributed by atoms with Crippen LogP contribution in [-0.2, 0) is 11.3 Å². The molecule has 0 aliphatic carbocycles. The van der Waals surface area contributed by atoms with Crippen molar-refractivity contribution in [3.63, 3.8) is 0 Å². The Hall–Kier alpha value is -2.20. The largest absolute Gasteiger partial charge is 0.465 e. The first-order chi connectivity index (χ1) is 8.53. The van der Waals surface area contributed by atoms with Gasteiger partial charge in [-0.3, -0.25) is 0 Å². The van der Waals surface area contributed by atoms with Crippen molar-refractivity contribution in [2.45, 2.75) is 13.2 Å². The number of ether oxygens (including phenoxy) is 2. The number of rotatable bonds is 4. The predicted molar refractivity (Wildman–Crippen MR) is 55.1 cm³/mol. The number of carbonyl (C=O) groups is 1. The maximum absolute atomic E-state index is 12.2. The van der Waals surface area contributed by atoms with Gasteiger partial charge in [-0.15, -0.1) is 0 Å². The number of nitrogens with zero attached hydrogens (tertiary/aromatic N) is 1. The summed E-state index contributed by atoms with van der Waals surface area (Å²) in [6.45, 7) is -3.67. The van der Waals surface area contributed by atoms with E-state index in [1.807, 2.05) is 0 Å². The quantitative estimate of drug-likeness (QED) is 0.825. The Balaban J connectivity index is 3.36. The van der Waals surface area contributed by atoms with Crippen molar-refractivity contribution in [1.82, 2.24) is 0 Å². The van der Waals surface area contributed by atoms with Gasteiger partial charge in [-0.2, -0.15) is 14.0 Å². The maximum Gasteiger partial charge on any atom is 0.387 e. The molecule has 0 bridgehead atoms. The molecule has 1 N–H and O–H groups in total. The molecule has 0 aromatic heterocycles. The Morgan fingerprint density at radius 2 is 2.22 bits per heavy atom. The molecule has 0 fully saturated rings. The molecule has 0 unspecified atom stereocenters. The van der Waals surface area contributed by atoms with Gasteiger partial charge >= 0.3 is 12.6 Å². The highest BCUT2D eigenvalue weighted by Gasteiger charge is 2.19. The average Bonchev–Trinajstić information content (AvgIpc) is 2.36. The molecule has 96 valence electrons. The van der Waals surface area contributed by atoms with E-state index in [-0.39, 0.29) is 16.7 Å². The summed E-state index contributed by atoms with van der Waals surface area (Å²) in [6, 6.07) is 3.78. The topological polar surface area (TPSA) is 79.6 Å². The number of benzene rings is 1. The Labute approximate surface area is 101 Å². The molecule has 18 heavy (non-hydrogen) atoms. The highest BCUT2D eigenvalue weighted by atomic mass is 19.3. The number of aliphatic hydroxyl groups excluding tert-OH is 1. The molecular weight excluding hydrogens is 248 g/mol. The number of methoxy groups -OCH3 is 1. The summed E-state index contributed by atoms with van der Waals surface area (Å²) in [5.74, 6) is -1.36. The number of hydrogen-bond donors (Lipinski definition) is 1. The summed E-state index contributed by atoms with van der Waals surface area (Å²) in [5, 5.41) is 17.8. The molecule has 0 aliphatic rings. The second-order valence-electron chi connectivity index (χ2n) is 3.15. The summed E-state index contributed by atoms with van der Waals surface area (Å²) in [6.07, 6.45) is 0. The van der Waals surface area contributed by atoms with Crippen LogP contribution < -0.4 is 4.74 Å². The zero-order valence-electron chi connectivity index (χ0n) is 9.31. The van der Waals surface area contributed by atoms with E-state index in [0.717, 1.165) is 19.2 Å². The van der Waals surface area contributed by atoms with E-state index in [0.29, 0.717) is 0 Å². The number of hydrogen-bond acceptors (Lipinski definition) is 5. The first-order valence-electron chi connectivity index (χ1n) is 4.74. The number of esters is 1. The van der Waals surface area contributed by atoms with Gasteiger partial charge in [-0.1, -0.05) is 0 Å². The first kappa shape index (κ1) is 13.9. The van der Waals surface area contributed by atoms with Gasteiger partial charge in [0, 0.05) is 0 Å². The van der Waals surface area contributed by atoms with Crippen LogP contribution in [-0.4, -0.2) is 24.8 Å². The summed E-state index contributed by atoms with van der Waals surface area (Å²) in [4.78, 5) is 11.4. The van der Waals surface area contributed by atoms with Crippen LogP contribution in [0.25, 0.3) is 0 Å². The fourth-order valence-corrected chi connectivity index (χ4v) is 1.32. The number of halogens is 2. The SMILES string of the molecule is COC(=O)c1cc(C#N)c(CO)cc1OC(F)F. The van der Waals surface area contributed by atoms with Crippen molar-refractivity contribution >= 4 is 5.97 Å². The van der Waals surface area contributed by atoms with Gasteiger partial charge in [0.25, 0.3) is 0 Å². The minimum Gasteiger partial charge on any atom is -0.465 e. The number of aliphatic hydroxyl groups is 1. The lowest BCUT2D eigenvalue weighted by atomic mass is 10.0. The lowest BCUT2D eigenvalue weighted by Gasteiger charge is -2.11. The zero-order valence-corrected chi connectivity index (χ0v) is 9.31. The van der Waals surface area contributed by atoms with Gasteiger partial charge in [0.1, 0.15) is 11.3 Å². The maximum atomic E-state index is 12.2. The van der Waals surface area contributed by atoms with Crippen LogP contribution in [0.2, 0.25) is 0 Å². The van der Waals surface area contributed by atoms with Crippen molar-refractivity contribution < 1.29 is 28.2 Å².